The van der Waals surface area contributed by atoms with Gasteiger partial charge in [-0.3, -0.25) is 9.59 Å². The number of carbonyl (C=O) groups is 1. The molecule has 0 unspecified atom stereocenters. The largest absolute Gasteiger partial charge is 0.490 e. The molecule has 2 aromatic heterocycles. The number of aromatic nitrogens is 4. The summed E-state index contributed by atoms with van der Waals surface area (Å²) in [5.74, 6) is 1.67. The fourth-order valence-electron chi connectivity index (χ4n) is 2.85. The topological polar surface area (TPSA) is 110 Å². The molecule has 1 saturated carbocycles. The van der Waals surface area contributed by atoms with Crippen molar-refractivity contribution in [2.45, 2.75) is 25.4 Å². The predicted molar refractivity (Wildman–Crippen MR) is 109 cm³/mol. The Morgan fingerprint density at radius 1 is 1.07 bits per heavy atom. The van der Waals surface area contributed by atoms with Gasteiger partial charge in [0.15, 0.2) is 5.75 Å². The van der Waals surface area contributed by atoms with Gasteiger partial charge in [-0.15, -0.1) is 0 Å². The van der Waals surface area contributed by atoms with Crippen LogP contribution in [-0.4, -0.2) is 50.9 Å². The monoisotopic (exact) mass is 407 g/mol. The van der Waals surface area contributed by atoms with Gasteiger partial charge in [0.25, 0.3) is 11.5 Å². The summed E-state index contributed by atoms with van der Waals surface area (Å²) in [7, 11) is 3.26. The Bertz CT molecular complexity index is 1110. The summed E-state index contributed by atoms with van der Waals surface area (Å²) in [5, 5.41) is 0. The van der Waals surface area contributed by atoms with Gasteiger partial charge in [0, 0.05) is 38.0 Å². The van der Waals surface area contributed by atoms with Crippen molar-refractivity contribution in [2.24, 2.45) is 0 Å². The Balaban J connectivity index is 1.62. The minimum absolute atomic E-state index is 0.0844. The maximum absolute atomic E-state index is 11.9. The molecule has 1 amide bonds. The van der Waals surface area contributed by atoms with Crippen LogP contribution >= 0.6 is 0 Å². The zero-order valence-electron chi connectivity index (χ0n) is 16.7. The SMILES string of the molecule is CN(C)C(=O)c1ncc(Oc2cc(OC3CCC3)cc(-c3nccc(=O)[nH]3)c2)cn1. The number of aromatic amines is 1. The van der Waals surface area contributed by atoms with E-state index in [-0.39, 0.29) is 23.4 Å². The molecule has 4 rings (SSSR count). The quantitative estimate of drug-likeness (QED) is 0.669. The van der Waals surface area contributed by atoms with E-state index in [1.165, 1.54) is 29.6 Å². The van der Waals surface area contributed by atoms with E-state index < -0.39 is 0 Å². The van der Waals surface area contributed by atoms with Crippen LogP contribution in [0.25, 0.3) is 11.4 Å². The fourth-order valence-corrected chi connectivity index (χ4v) is 2.85. The predicted octanol–water partition coefficient (Wildman–Crippen LogP) is 2.65. The third kappa shape index (κ3) is 4.45. The van der Waals surface area contributed by atoms with Crippen molar-refractivity contribution < 1.29 is 14.3 Å². The van der Waals surface area contributed by atoms with Crippen molar-refractivity contribution in [2.75, 3.05) is 14.1 Å². The van der Waals surface area contributed by atoms with Gasteiger partial charge >= 0.3 is 0 Å². The molecule has 1 aliphatic rings. The number of carbonyl (C=O) groups excluding carboxylic acids is 1. The first-order valence-corrected chi connectivity index (χ1v) is 9.57. The molecule has 9 nitrogen and oxygen atoms in total. The molecule has 0 saturated heterocycles. The highest BCUT2D eigenvalue weighted by Crippen LogP contribution is 2.33. The van der Waals surface area contributed by atoms with Crippen molar-refractivity contribution in [1.82, 2.24) is 24.8 Å². The van der Waals surface area contributed by atoms with Crippen molar-refractivity contribution in [3.63, 3.8) is 0 Å². The van der Waals surface area contributed by atoms with Gasteiger partial charge in [-0.1, -0.05) is 0 Å². The highest BCUT2D eigenvalue weighted by Gasteiger charge is 2.20. The molecule has 2 heterocycles. The second-order valence-corrected chi connectivity index (χ2v) is 7.19. The average Bonchev–Trinajstić information content (AvgIpc) is 2.70. The molecule has 1 fully saturated rings. The summed E-state index contributed by atoms with van der Waals surface area (Å²) in [6.07, 6.45) is 7.66. The third-order valence-electron chi connectivity index (χ3n) is 4.64. The standard InChI is InChI=1S/C21H21N5O4/c1-26(2)21(28)20-23-11-17(12-24-20)30-16-9-13(19-22-7-6-18(27)25-19)8-15(10-16)29-14-4-3-5-14/h6-12,14H,3-5H2,1-2H3,(H,22,25,27). The number of hydrogen-bond donors (Lipinski definition) is 1. The molecule has 1 aliphatic carbocycles. The lowest BCUT2D eigenvalue weighted by Crippen LogP contribution is -2.24. The van der Waals surface area contributed by atoms with Crippen LogP contribution in [0.15, 0.2) is 47.7 Å². The molecular weight excluding hydrogens is 386 g/mol. The number of ether oxygens (including phenoxy) is 2. The van der Waals surface area contributed by atoms with Crippen LogP contribution in [0.5, 0.6) is 17.2 Å². The molecule has 3 aromatic rings. The van der Waals surface area contributed by atoms with Gasteiger partial charge in [-0.25, -0.2) is 15.0 Å². The zero-order valence-corrected chi connectivity index (χ0v) is 16.7. The van der Waals surface area contributed by atoms with Gasteiger partial charge in [-0.05, 0) is 31.4 Å². The maximum Gasteiger partial charge on any atom is 0.291 e. The third-order valence-corrected chi connectivity index (χ3v) is 4.64. The number of nitrogens with one attached hydrogen (secondary N) is 1. The fraction of sp³-hybridized carbons (Fsp3) is 0.286. The van der Waals surface area contributed by atoms with Gasteiger partial charge < -0.3 is 19.4 Å². The highest BCUT2D eigenvalue weighted by molar-refractivity contribution is 5.89. The normalized spacial score (nSPS) is 13.4. The Hall–Kier alpha value is -3.75. The van der Waals surface area contributed by atoms with Gasteiger partial charge in [0.1, 0.15) is 17.3 Å². The van der Waals surface area contributed by atoms with E-state index in [9.17, 15) is 9.59 Å². The molecule has 0 radical (unpaired) electrons. The average molecular weight is 407 g/mol. The Kier molecular flexibility index (Phi) is 5.42. The second kappa shape index (κ2) is 8.32. The number of benzene rings is 1. The van der Waals surface area contributed by atoms with Gasteiger partial charge in [-0.2, -0.15) is 0 Å². The molecule has 0 bridgehead atoms. The molecular formula is C21H21N5O4. The van der Waals surface area contributed by atoms with E-state index in [4.69, 9.17) is 9.47 Å². The van der Waals surface area contributed by atoms with Gasteiger partial charge in [0.05, 0.1) is 18.5 Å². The van der Waals surface area contributed by atoms with Crippen LogP contribution in [0.4, 0.5) is 0 Å². The Morgan fingerprint density at radius 3 is 2.43 bits per heavy atom. The van der Waals surface area contributed by atoms with Crippen LogP contribution in [0.1, 0.15) is 29.9 Å². The van der Waals surface area contributed by atoms with E-state index in [1.807, 2.05) is 6.07 Å². The number of amides is 1. The van der Waals surface area contributed by atoms with E-state index in [0.717, 1.165) is 19.3 Å². The highest BCUT2D eigenvalue weighted by atomic mass is 16.5. The number of rotatable bonds is 6. The molecule has 1 N–H and O–H groups in total. The summed E-state index contributed by atoms with van der Waals surface area (Å²) in [6, 6.07) is 6.68. The lowest BCUT2D eigenvalue weighted by atomic mass is 9.96. The van der Waals surface area contributed by atoms with E-state index in [0.29, 0.717) is 28.6 Å². The smallest absolute Gasteiger partial charge is 0.291 e. The maximum atomic E-state index is 11.9. The van der Waals surface area contributed by atoms with Crippen LogP contribution in [0.2, 0.25) is 0 Å². The lowest BCUT2D eigenvalue weighted by molar-refractivity contribution is 0.0815. The van der Waals surface area contributed by atoms with Gasteiger partial charge in [0.2, 0.25) is 5.82 Å². The first-order chi connectivity index (χ1) is 14.5. The van der Waals surface area contributed by atoms with Crippen LogP contribution < -0.4 is 15.0 Å². The van der Waals surface area contributed by atoms with Crippen molar-refractivity contribution in [1.29, 1.82) is 0 Å². The number of nitrogens with zero attached hydrogens (tertiary/aromatic N) is 4. The van der Waals surface area contributed by atoms with E-state index >= 15 is 0 Å². The van der Waals surface area contributed by atoms with Crippen molar-refractivity contribution in [3.05, 3.63) is 59.0 Å². The number of hydrogen-bond acceptors (Lipinski definition) is 7. The minimum atomic E-state index is -0.293. The summed E-state index contributed by atoms with van der Waals surface area (Å²) < 4.78 is 11.9. The molecule has 0 atom stereocenters. The molecule has 154 valence electrons. The summed E-state index contributed by atoms with van der Waals surface area (Å²) in [6.45, 7) is 0. The minimum Gasteiger partial charge on any atom is -0.490 e. The van der Waals surface area contributed by atoms with Crippen molar-refractivity contribution in [3.8, 4) is 28.6 Å². The van der Waals surface area contributed by atoms with E-state index in [1.54, 1.807) is 26.2 Å². The lowest BCUT2D eigenvalue weighted by Gasteiger charge is -2.26. The Labute approximate surface area is 172 Å². The number of H-pyrrole nitrogens is 1. The summed E-state index contributed by atoms with van der Waals surface area (Å²) >= 11 is 0. The molecule has 9 heteroatoms. The molecule has 0 spiro atoms. The van der Waals surface area contributed by atoms with Crippen LogP contribution in [0.3, 0.4) is 0 Å². The van der Waals surface area contributed by atoms with Crippen molar-refractivity contribution >= 4 is 5.91 Å². The zero-order chi connectivity index (χ0) is 21.1. The molecule has 30 heavy (non-hydrogen) atoms. The Morgan fingerprint density at radius 2 is 1.80 bits per heavy atom. The second-order valence-electron chi connectivity index (χ2n) is 7.19. The van der Waals surface area contributed by atoms with Crippen LogP contribution in [-0.2, 0) is 0 Å². The first-order valence-electron chi connectivity index (χ1n) is 9.57. The first kappa shape index (κ1) is 19.6. The van der Waals surface area contributed by atoms with Crippen LogP contribution in [0, 0.1) is 0 Å². The molecule has 0 aliphatic heterocycles. The summed E-state index contributed by atoms with van der Waals surface area (Å²) in [5.41, 5.74) is 0.405. The molecule has 1 aromatic carbocycles. The summed E-state index contributed by atoms with van der Waals surface area (Å²) in [4.78, 5) is 40.1. The van der Waals surface area contributed by atoms with E-state index in [2.05, 4.69) is 19.9 Å².